The number of hydrogen-bond donors (Lipinski definition) is 0. The molecule has 0 fully saturated rings. The summed E-state index contributed by atoms with van der Waals surface area (Å²) in [5.74, 6) is 0.247. The van der Waals surface area contributed by atoms with E-state index in [-0.39, 0.29) is 10.7 Å². The number of hydrogen-bond acceptors (Lipinski definition) is 4. The van der Waals surface area contributed by atoms with Crippen molar-refractivity contribution in [3.63, 3.8) is 0 Å². The van der Waals surface area contributed by atoms with E-state index in [9.17, 15) is 8.42 Å². The van der Waals surface area contributed by atoms with Crippen LogP contribution in [0.1, 0.15) is 5.69 Å². The third-order valence-corrected chi connectivity index (χ3v) is 3.36. The van der Waals surface area contributed by atoms with Crippen LogP contribution in [-0.4, -0.2) is 24.2 Å². The lowest BCUT2D eigenvalue weighted by molar-refractivity contribution is 0.600. The molecule has 0 amide bonds. The van der Waals surface area contributed by atoms with E-state index in [1.54, 1.807) is 24.4 Å². The molecule has 2 heterocycles. The van der Waals surface area contributed by atoms with Crippen molar-refractivity contribution in [3.8, 4) is 11.9 Å². The molecule has 5 nitrogen and oxygen atoms in total. The molecule has 2 aromatic heterocycles. The molecule has 6 heteroatoms. The van der Waals surface area contributed by atoms with Gasteiger partial charge in [-0.05, 0) is 24.3 Å². The first-order valence-electron chi connectivity index (χ1n) is 4.77. The number of rotatable bonds is 2. The summed E-state index contributed by atoms with van der Waals surface area (Å²) in [7, 11) is -3.38. The predicted molar refractivity (Wildman–Crippen MR) is 61.4 cm³/mol. The first kappa shape index (κ1) is 11.4. The van der Waals surface area contributed by atoms with Gasteiger partial charge in [0.2, 0.25) is 0 Å². The number of pyridine rings is 1. The molecule has 17 heavy (non-hydrogen) atoms. The Morgan fingerprint density at radius 2 is 2.12 bits per heavy atom. The van der Waals surface area contributed by atoms with Crippen molar-refractivity contribution in [2.75, 3.05) is 6.26 Å². The van der Waals surface area contributed by atoms with E-state index in [1.807, 2.05) is 6.07 Å². The second kappa shape index (κ2) is 4.03. The molecule has 0 aromatic carbocycles. The Bertz CT molecular complexity index is 696. The largest absolute Gasteiger partial charge is 0.291 e. The molecule has 2 rings (SSSR count). The fourth-order valence-electron chi connectivity index (χ4n) is 1.51. The zero-order valence-corrected chi connectivity index (χ0v) is 9.85. The van der Waals surface area contributed by atoms with Gasteiger partial charge in [0.25, 0.3) is 0 Å². The summed E-state index contributed by atoms with van der Waals surface area (Å²) >= 11 is 0. The molecule has 2 aromatic rings. The van der Waals surface area contributed by atoms with Gasteiger partial charge in [-0.15, -0.1) is 0 Å². The molecular formula is C11H9N3O2S. The first-order chi connectivity index (χ1) is 8.04. The quantitative estimate of drug-likeness (QED) is 0.797. The second-order valence-electron chi connectivity index (χ2n) is 3.47. The van der Waals surface area contributed by atoms with E-state index in [2.05, 4.69) is 4.98 Å². The average Bonchev–Trinajstić information content (AvgIpc) is 2.75. The zero-order chi connectivity index (χ0) is 12.5. The van der Waals surface area contributed by atoms with Crippen LogP contribution in [-0.2, 0) is 9.84 Å². The highest BCUT2D eigenvalue weighted by atomic mass is 32.2. The van der Waals surface area contributed by atoms with E-state index < -0.39 is 9.84 Å². The minimum absolute atomic E-state index is 0.104. The number of nitriles is 1. The van der Waals surface area contributed by atoms with E-state index in [0.29, 0.717) is 5.69 Å². The van der Waals surface area contributed by atoms with Crippen LogP contribution in [0.25, 0.3) is 5.82 Å². The van der Waals surface area contributed by atoms with Gasteiger partial charge in [-0.2, -0.15) is 5.26 Å². The van der Waals surface area contributed by atoms with Crippen LogP contribution in [0.15, 0.2) is 41.6 Å². The maximum atomic E-state index is 11.6. The van der Waals surface area contributed by atoms with E-state index in [0.717, 1.165) is 6.26 Å². The van der Waals surface area contributed by atoms with Crippen LogP contribution < -0.4 is 0 Å². The van der Waals surface area contributed by atoms with Crippen molar-refractivity contribution in [1.82, 2.24) is 9.55 Å². The number of aromatic nitrogens is 2. The number of sulfone groups is 1. The van der Waals surface area contributed by atoms with E-state index in [4.69, 9.17) is 5.26 Å². The van der Waals surface area contributed by atoms with Crippen LogP contribution in [0.5, 0.6) is 0 Å². The molecule has 0 saturated heterocycles. The lowest BCUT2D eigenvalue weighted by Gasteiger charge is -2.08. The third kappa shape index (κ3) is 2.05. The molecule has 0 aliphatic carbocycles. The van der Waals surface area contributed by atoms with Crippen LogP contribution >= 0.6 is 0 Å². The molecule has 0 aliphatic heterocycles. The van der Waals surface area contributed by atoms with Crippen LogP contribution in [0.2, 0.25) is 0 Å². The zero-order valence-electron chi connectivity index (χ0n) is 9.03. The lowest BCUT2D eigenvalue weighted by Crippen LogP contribution is -2.07. The maximum absolute atomic E-state index is 11.6. The highest BCUT2D eigenvalue weighted by Gasteiger charge is 2.16. The minimum Gasteiger partial charge on any atom is -0.291 e. The van der Waals surface area contributed by atoms with Crippen molar-refractivity contribution < 1.29 is 8.42 Å². The second-order valence-corrected chi connectivity index (χ2v) is 5.46. The molecule has 86 valence electrons. The molecule has 0 spiro atoms. The molecule has 0 unspecified atom stereocenters. The maximum Gasteiger partial charge on any atom is 0.179 e. The molecule has 0 N–H and O–H groups in total. The molecular weight excluding hydrogens is 238 g/mol. The standard InChI is InChI=1S/C11H9N3O2S/c1-17(15,16)10-5-2-6-13-11(10)14-7-3-4-9(14)8-12/h2-7H,1H3. The Kier molecular flexibility index (Phi) is 2.69. The Labute approximate surface area is 98.9 Å². The fourth-order valence-corrected chi connectivity index (χ4v) is 2.32. The summed E-state index contributed by atoms with van der Waals surface area (Å²) in [6.07, 6.45) is 4.21. The van der Waals surface area contributed by atoms with E-state index >= 15 is 0 Å². The van der Waals surface area contributed by atoms with Crippen LogP contribution in [0.3, 0.4) is 0 Å². The fraction of sp³-hybridized carbons (Fsp3) is 0.0909. The lowest BCUT2D eigenvalue weighted by atomic mass is 10.4. The normalized spacial score (nSPS) is 11.1. The Balaban J connectivity index is 2.74. The van der Waals surface area contributed by atoms with Gasteiger partial charge in [0.05, 0.1) is 0 Å². The van der Waals surface area contributed by atoms with Gasteiger partial charge in [0.15, 0.2) is 15.7 Å². The topological polar surface area (TPSA) is 75.8 Å². The van der Waals surface area contributed by atoms with Gasteiger partial charge in [-0.1, -0.05) is 0 Å². The average molecular weight is 247 g/mol. The first-order valence-corrected chi connectivity index (χ1v) is 6.66. The molecule has 0 bridgehead atoms. The summed E-state index contributed by atoms with van der Waals surface area (Å²) < 4.78 is 24.7. The van der Waals surface area contributed by atoms with Gasteiger partial charge in [0, 0.05) is 18.6 Å². The SMILES string of the molecule is CS(=O)(=O)c1cccnc1-n1cccc1C#N. The highest BCUT2D eigenvalue weighted by molar-refractivity contribution is 7.90. The Morgan fingerprint density at radius 1 is 1.35 bits per heavy atom. The van der Waals surface area contributed by atoms with Crippen molar-refractivity contribution in [1.29, 1.82) is 5.26 Å². The van der Waals surface area contributed by atoms with Gasteiger partial charge >= 0.3 is 0 Å². The van der Waals surface area contributed by atoms with Gasteiger partial charge in [0.1, 0.15) is 16.7 Å². The van der Waals surface area contributed by atoms with Crippen molar-refractivity contribution in [2.24, 2.45) is 0 Å². The monoisotopic (exact) mass is 247 g/mol. The highest BCUT2D eigenvalue weighted by Crippen LogP contribution is 2.19. The van der Waals surface area contributed by atoms with Crippen molar-refractivity contribution >= 4 is 9.84 Å². The summed E-state index contributed by atoms with van der Waals surface area (Å²) in [6, 6.07) is 8.27. The molecule has 0 saturated carbocycles. The van der Waals surface area contributed by atoms with Crippen molar-refractivity contribution in [3.05, 3.63) is 42.4 Å². The minimum atomic E-state index is -3.38. The molecule has 0 atom stereocenters. The smallest absolute Gasteiger partial charge is 0.179 e. The summed E-state index contributed by atoms with van der Waals surface area (Å²) in [5, 5.41) is 8.91. The molecule has 0 radical (unpaired) electrons. The van der Waals surface area contributed by atoms with Gasteiger partial charge < -0.3 is 0 Å². The molecule has 0 aliphatic rings. The third-order valence-electron chi connectivity index (χ3n) is 2.24. The van der Waals surface area contributed by atoms with Gasteiger partial charge in [-0.25, -0.2) is 13.4 Å². The number of nitrogens with zero attached hydrogens (tertiary/aromatic N) is 3. The Hall–Kier alpha value is -2.13. The summed E-state index contributed by atoms with van der Waals surface area (Å²) in [5.41, 5.74) is 0.341. The van der Waals surface area contributed by atoms with Crippen molar-refractivity contribution in [2.45, 2.75) is 4.90 Å². The Morgan fingerprint density at radius 3 is 2.76 bits per heavy atom. The van der Waals surface area contributed by atoms with Gasteiger partial charge in [-0.3, -0.25) is 4.57 Å². The van der Waals surface area contributed by atoms with Crippen LogP contribution in [0, 0.1) is 11.3 Å². The predicted octanol–water partition coefficient (Wildman–Crippen LogP) is 1.15. The summed E-state index contributed by atoms with van der Waals surface area (Å²) in [6.45, 7) is 0. The van der Waals surface area contributed by atoms with Crippen LogP contribution in [0.4, 0.5) is 0 Å². The van der Waals surface area contributed by atoms with E-state index in [1.165, 1.54) is 16.8 Å². The summed E-state index contributed by atoms with van der Waals surface area (Å²) in [4.78, 5) is 4.13.